The fraction of sp³-hybridized carbons (Fsp3) is 0.444. The Morgan fingerprint density at radius 1 is 1.29 bits per heavy atom. The van der Waals surface area contributed by atoms with Crippen LogP contribution in [-0.2, 0) is 12.0 Å². The first-order valence-corrected chi connectivity index (χ1v) is 8.67. The molecule has 0 aliphatic rings. The fourth-order valence-electron chi connectivity index (χ4n) is 2.47. The number of benzene rings is 1. The van der Waals surface area contributed by atoms with Crippen molar-refractivity contribution in [1.82, 2.24) is 15.4 Å². The van der Waals surface area contributed by atoms with Gasteiger partial charge in [-0.25, -0.2) is 4.79 Å². The summed E-state index contributed by atoms with van der Waals surface area (Å²) in [6.07, 6.45) is 0. The monoisotopic (exact) mass is 393 g/mol. The van der Waals surface area contributed by atoms with Gasteiger partial charge in [-0.1, -0.05) is 47.1 Å². The number of nitrogens with zero attached hydrogens (tertiary/aromatic N) is 2. The summed E-state index contributed by atoms with van der Waals surface area (Å²) in [4.78, 5) is 14.0. The van der Waals surface area contributed by atoms with Crippen LogP contribution < -0.4 is 5.32 Å². The van der Waals surface area contributed by atoms with Crippen molar-refractivity contribution in [2.24, 2.45) is 0 Å². The van der Waals surface area contributed by atoms with Crippen molar-refractivity contribution in [2.75, 3.05) is 13.6 Å². The molecule has 2 aromatic rings. The van der Waals surface area contributed by atoms with E-state index in [9.17, 15) is 4.79 Å². The second-order valence-corrected chi connectivity index (χ2v) is 7.62. The van der Waals surface area contributed by atoms with E-state index in [0.717, 1.165) is 21.5 Å². The Balaban J connectivity index is 1.95. The lowest BCUT2D eigenvalue weighted by molar-refractivity contribution is 0.204. The molecule has 2 rings (SSSR count). The summed E-state index contributed by atoms with van der Waals surface area (Å²) in [5.74, 6) is 0.752. The molecule has 0 bridgehead atoms. The highest BCUT2D eigenvalue weighted by molar-refractivity contribution is 9.10. The van der Waals surface area contributed by atoms with E-state index in [0.29, 0.717) is 13.1 Å². The summed E-state index contributed by atoms with van der Waals surface area (Å²) in [6.45, 7) is 9.01. The van der Waals surface area contributed by atoms with Crippen LogP contribution >= 0.6 is 15.9 Å². The lowest BCUT2D eigenvalue weighted by atomic mass is 9.85. The standard InChI is InChI=1S/C18H24BrN3O2/c1-12-16(13(2)24-21-12)10-22(5)17(23)20-11-18(3,4)14-6-8-15(19)9-7-14/h6-9H,10-11H2,1-5H3,(H,20,23). The van der Waals surface area contributed by atoms with Crippen molar-refractivity contribution >= 4 is 22.0 Å². The zero-order valence-electron chi connectivity index (χ0n) is 14.8. The third-order valence-corrected chi connectivity index (χ3v) is 4.76. The van der Waals surface area contributed by atoms with Crippen LogP contribution in [0.3, 0.4) is 0 Å². The van der Waals surface area contributed by atoms with Crippen LogP contribution in [0.5, 0.6) is 0 Å². The Hall–Kier alpha value is -1.82. The molecule has 0 saturated heterocycles. The van der Waals surface area contributed by atoms with Crippen molar-refractivity contribution in [3.8, 4) is 0 Å². The summed E-state index contributed by atoms with van der Waals surface area (Å²) >= 11 is 3.44. The molecule has 1 N–H and O–H groups in total. The van der Waals surface area contributed by atoms with Crippen LogP contribution in [0.1, 0.15) is 36.4 Å². The van der Waals surface area contributed by atoms with E-state index in [1.165, 1.54) is 5.56 Å². The highest BCUT2D eigenvalue weighted by atomic mass is 79.9. The average Bonchev–Trinajstić information content (AvgIpc) is 2.85. The molecular formula is C18H24BrN3O2. The van der Waals surface area contributed by atoms with E-state index in [-0.39, 0.29) is 11.4 Å². The zero-order valence-corrected chi connectivity index (χ0v) is 16.4. The summed E-state index contributed by atoms with van der Waals surface area (Å²) < 4.78 is 6.19. The molecule has 130 valence electrons. The minimum atomic E-state index is -0.153. The van der Waals surface area contributed by atoms with Crippen LogP contribution in [0.25, 0.3) is 0 Å². The van der Waals surface area contributed by atoms with Crippen LogP contribution in [0, 0.1) is 13.8 Å². The molecule has 0 aliphatic heterocycles. The minimum Gasteiger partial charge on any atom is -0.361 e. The Morgan fingerprint density at radius 2 is 1.92 bits per heavy atom. The molecule has 0 saturated carbocycles. The summed E-state index contributed by atoms with van der Waals surface area (Å²) in [6, 6.07) is 8.07. The number of carbonyl (C=O) groups excluding carboxylic acids is 1. The number of hydrogen-bond acceptors (Lipinski definition) is 3. The SMILES string of the molecule is Cc1noc(C)c1CN(C)C(=O)NCC(C)(C)c1ccc(Br)cc1. The van der Waals surface area contributed by atoms with Crippen molar-refractivity contribution in [2.45, 2.75) is 39.7 Å². The van der Waals surface area contributed by atoms with Gasteiger partial charge in [0.1, 0.15) is 5.76 Å². The molecule has 0 radical (unpaired) electrons. The quantitative estimate of drug-likeness (QED) is 0.828. The minimum absolute atomic E-state index is 0.111. The Bertz CT molecular complexity index is 688. The second-order valence-electron chi connectivity index (χ2n) is 6.71. The molecular weight excluding hydrogens is 370 g/mol. The van der Waals surface area contributed by atoms with Crippen molar-refractivity contribution in [3.63, 3.8) is 0 Å². The summed E-state index contributed by atoms with van der Waals surface area (Å²) in [5.41, 5.74) is 2.81. The van der Waals surface area contributed by atoms with Gasteiger partial charge in [0.15, 0.2) is 0 Å². The smallest absolute Gasteiger partial charge is 0.317 e. The van der Waals surface area contributed by atoms with Crippen LogP contribution in [0.4, 0.5) is 4.79 Å². The molecule has 2 amide bonds. The third kappa shape index (κ3) is 4.38. The number of amides is 2. The first-order chi connectivity index (χ1) is 11.2. The number of rotatable bonds is 5. The van der Waals surface area contributed by atoms with Gasteiger partial charge in [0, 0.05) is 29.0 Å². The first kappa shape index (κ1) is 18.5. The number of carbonyl (C=O) groups is 1. The van der Waals surface area contributed by atoms with Crippen LogP contribution in [0.2, 0.25) is 0 Å². The molecule has 0 aliphatic carbocycles. The molecule has 1 aromatic carbocycles. The van der Waals surface area contributed by atoms with Gasteiger partial charge in [-0.3, -0.25) is 0 Å². The molecule has 0 fully saturated rings. The largest absolute Gasteiger partial charge is 0.361 e. The summed E-state index contributed by atoms with van der Waals surface area (Å²) in [7, 11) is 1.77. The Labute approximate surface area is 151 Å². The molecule has 1 aromatic heterocycles. The highest BCUT2D eigenvalue weighted by Gasteiger charge is 2.23. The van der Waals surface area contributed by atoms with E-state index in [1.807, 2.05) is 26.0 Å². The number of urea groups is 1. The molecule has 0 atom stereocenters. The van der Waals surface area contributed by atoms with Gasteiger partial charge in [-0.2, -0.15) is 0 Å². The third-order valence-electron chi connectivity index (χ3n) is 4.23. The van der Waals surface area contributed by atoms with Gasteiger partial charge in [0.25, 0.3) is 0 Å². The van der Waals surface area contributed by atoms with Crippen molar-refractivity contribution in [1.29, 1.82) is 0 Å². The second kappa shape index (κ2) is 7.38. The van der Waals surface area contributed by atoms with E-state index in [1.54, 1.807) is 11.9 Å². The van der Waals surface area contributed by atoms with Crippen LogP contribution in [-0.4, -0.2) is 29.7 Å². The number of aryl methyl sites for hydroxylation is 2. The lowest BCUT2D eigenvalue weighted by Gasteiger charge is -2.27. The predicted molar refractivity (Wildman–Crippen MR) is 98.0 cm³/mol. The van der Waals surface area contributed by atoms with Crippen molar-refractivity contribution in [3.05, 3.63) is 51.3 Å². The molecule has 5 nitrogen and oxygen atoms in total. The zero-order chi connectivity index (χ0) is 17.9. The highest BCUT2D eigenvalue weighted by Crippen LogP contribution is 2.24. The number of halogens is 1. The van der Waals surface area contributed by atoms with E-state index in [2.05, 4.69) is 52.4 Å². The lowest BCUT2D eigenvalue weighted by Crippen LogP contribution is -2.43. The topological polar surface area (TPSA) is 58.4 Å². The predicted octanol–water partition coefficient (Wildman–Crippen LogP) is 4.17. The molecule has 1 heterocycles. The van der Waals surface area contributed by atoms with E-state index in [4.69, 9.17) is 4.52 Å². The molecule has 0 spiro atoms. The van der Waals surface area contributed by atoms with Gasteiger partial charge in [0.2, 0.25) is 0 Å². The van der Waals surface area contributed by atoms with E-state index >= 15 is 0 Å². The maximum Gasteiger partial charge on any atom is 0.317 e. The molecule has 24 heavy (non-hydrogen) atoms. The van der Waals surface area contributed by atoms with Gasteiger partial charge in [-0.05, 0) is 31.5 Å². The summed E-state index contributed by atoms with van der Waals surface area (Å²) in [5, 5.41) is 6.93. The number of hydrogen-bond donors (Lipinski definition) is 1. The average molecular weight is 394 g/mol. The Kier molecular flexibility index (Phi) is 5.70. The molecule has 0 unspecified atom stereocenters. The maximum absolute atomic E-state index is 12.4. The molecule has 6 heteroatoms. The number of nitrogens with one attached hydrogen (secondary N) is 1. The normalized spacial score (nSPS) is 11.4. The maximum atomic E-state index is 12.4. The van der Waals surface area contributed by atoms with Crippen molar-refractivity contribution < 1.29 is 9.32 Å². The van der Waals surface area contributed by atoms with Gasteiger partial charge in [0.05, 0.1) is 12.2 Å². The van der Waals surface area contributed by atoms with E-state index < -0.39 is 0 Å². The van der Waals surface area contributed by atoms with Gasteiger partial charge < -0.3 is 14.7 Å². The van der Waals surface area contributed by atoms with Gasteiger partial charge >= 0.3 is 6.03 Å². The Morgan fingerprint density at radius 3 is 2.46 bits per heavy atom. The van der Waals surface area contributed by atoms with Gasteiger partial charge in [-0.15, -0.1) is 0 Å². The first-order valence-electron chi connectivity index (χ1n) is 7.87. The fourth-order valence-corrected chi connectivity index (χ4v) is 2.74. The van der Waals surface area contributed by atoms with Crippen LogP contribution in [0.15, 0.2) is 33.3 Å². The number of aromatic nitrogens is 1.